The number of benzene rings is 3. The van der Waals surface area contributed by atoms with Crippen LogP contribution in [0.25, 0.3) is 0 Å². The van der Waals surface area contributed by atoms with Crippen LogP contribution in [0.3, 0.4) is 0 Å². The van der Waals surface area contributed by atoms with Crippen molar-refractivity contribution in [2.45, 2.75) is 76.9 Å². The largest absolute Gasteiger partial charge is 0.498 e. The topological polar surface area (TPSA) is 49.7 Å². The van der Waals surface area contributed by atoms with Crippen LogP contribution < -0.4 is 15.9 Å². The monoisotopic (exact) mass is 557 g/mol. The number of unbranched alkanes of at least 4 members (excludes halogenated alkanes) is 7. The van der Waals surface area contributed by atoms with Crippen LogP contribution in [0.4, 0.5) is 0 Å². The van der Waals surface area contributed by atoms with Gasteiger partial charge in [-0.25, -0.2) is 0 Å². The quantitative estimate of drug-likeness (QED) is 0.119. The van der Waals surface area contributed by atoms with Crippen molar-refractivity contribution >= 4 is 23.2 Å². The molecule has 4 rings (SSSR count). The lowest BCUT2D eigenvalue weighted by atomic mass is 9.88. The molecule has 1 aliphatic carbocycles. The molecule has 2 N–H and O–H groups in total. The summed E-state index contributed by atoms with van der Waals surface area (Å²) in [5.41, 5.74) is 1.79. The molecule has 0 saturated heterocycles. The fourth-order valence-electron chi connectivity index (χ4n) is 6.07. The standard InChI is InChI=1S/C36H46O3P/c1-29-33(36(38)35(39-2)28-34(29)37)26-18-7-5-3-4-6-8-19-27-40(30-20-12-9-13-21-30,31-22-14-10-15-23-31)32-24-16-11-17-25-32/h9-17,20-25,28,34,36-38H,3-8,18-19,26-27H2,1-2H3/q+1. The molecule has 0 spiro atoms. The molecule has 0 fully saturated rings. The van der Waals surface area contributed by atoms with Gasteiger partial charge in [-0.2, -0.15) is 0 Å². The molecule has 1 aliphatic rings. The molecule has 2 unspecified atom stereocenters. The lowest BCUT2D eigenvalue weighted by molar-refractivity contribution is 0.131. The first-order valence-electron chi connectivity index (χ1n) is 14.9. The van der Waals surface area contributed by atoms with Crippen LogP contribution in [0.15, 0.2) is 114 Å². The van der Waals surface area contributed by atoms with Gasteiger partial charge in [-0.05, 0) is 86.2 Å². The summed E-state index contributed by atoms with van der Waals surface area (Å²) >= 11 is 0. The molecule has 0 saturated carbocycles. The Kier molecular flexibility index (Phi) is 11.6. The Labute approximate surface area is 242 Å². The number of aliphatic hydroxyl groups is 2. The van der Waals surface area contributed by atoms with Gasteiger partial charge in [0.05, 0.1) is 19.4 Å². The van der Waals surface area contributed by atoms with E-state index in [9.17, 15) is 10.2 Å². The Balaban J connectivity index is 1.26. The van der Waals surface area contributed by atoms with E-state index in [1.165, 1.54) is 60.6 Å². The van der Waals surface area contributed by atoms with Crippen molar-refractivity contribution in [1.29, 1.82) is 0 Å². The molecule has 3 aromatic carbocycles. The van der Waals surface area contributed by atoms with Gasteiger partial charge in [-0.15, -0.1) is 0 Å². The molecule has 2 atom stereocenters. The first-order valence-corrected chi connectivity index (χ1v) is 16.9. The van der Waals surface area contributed by atoms with E-state index in [2.05, 4.69) is 91.0 Å². The Hall–Kier alpha value is -2.71. The predicted octanol–water partition coefficient (Wildman–Crippen LogP) is 7.07. The minimum Gasteiger partial charge on any atom is -0.498 e. The van der Waals surface area contributed by atoms with Gasteiger partial charge >= 0.3 is 0 Å². The van der Waals surface area contributed by atoms with Crippen LogP contribution in [0, 0.1) is 0 Å². The number of methoxy groups -OCH3 is 1. The van der Waals surface area contributed by atoms with Crippen LogP contribution in [0.2, 0.25) is 0 Å². The SMILES string of the molecule is COC1=CC(O)C(C)=C(CCCCCCCCCC[P+](c2ccccc2)(c2ccccc2)c2ccccc2)C1O. The van der Waals surface area contributed by atoms with Gasteiger partial charge in [-0.3, -0.25) is 0 Å². The molecule has 3 nitrogen and oxygen atoms in total. The van der Waals surface area contributed by atoms with Crippen molar-refractivity contribution in [1.82, 2.24) is 0 Å². The zero-order valence-corrected chi connectivity index (χ0v) is 25.1. The smallest absolute Gasteiger partial charge is 0.132 e. The average molecular weight is 558 g/mol. The van der Waals surface area contributed by atoms with E-state index >= 15 is 0 Å². The Morgan fingerprint density at radius 1 is 0.625 bits per heavy atom. The lowest BCUT2D eigenvalue weighted by Crippen LogP contribution is -2.33. The molecule has 0 amide bonds. The van der Waals surface area contributed by atoms with Gasteiger partial charge in [0.25, 0.3) is 0 Å². The maximum absolute atomic E-state index is 10.6. The minimum absolute atomic E-state index is 0.464. The fraction of sp³-hybridized carbons (Fsp3) is 0.389. The summed E-state index contributed by atoms with van der Waals surface area (Å²) in [4.78, 5) is 0. The summed E-state index contributed by atoms with van der Waals surface area (Å²) < 4.78 is 5.26. The molecule has 0 heterocycles. The van der Waals surface area contributed by atoms with Crippen molar-refractivity contribution in [2.75, 3.05) is 13.3 Å². The second-order valence-corrected chi connectivity index (χ2v) is 14.6. The highest BCUT2D eigenvalue weighted by molar-refractivity contribution is 7.95. The first-order chi connectivity index (χ1) is 19.6. The molecule has 0 radical (unpaired) electrons. The average Bonchev–Trinajstić information content (AvgIpc) is 3.00. The Bertz CT molecular complexity index is 1120. The fourth-order valence-corrected chi connectivity index (χ4v) is 10.5. The zero-order valence-electron chi connectivity index (χ0n) is 24.2. The molecular weight excluding hydrogens is 511 g/mol. The molecule has 212 valence electrons. The second kappa shape index (κ2) is 15.3. The van der Waals surface area contributed by atoms with Crippen molar-refractivity contribution in [2.24, 2.45) is 0 Å². The highest BCUT2D eigenvalue weighted by Crippen LogP contribution is 2.56. The number of aliphatic hydroxyl groups excluding tert-OH is 2. The van der Waals surface area contributed by atoms with Crippen molar-refractivity contribution in [3.8, 4) is 0 Å². The van der Waals surface area contributed by atoms with Crippen molar-refractivity contribution < 1.29 is 14.9 Å². The van der Waals surface area contributed by atoms with Gasteiger partial charge in [0, 0.05) is 0 Å². The van der Waals surface area contributed by atoms with Gasteiger partial charge in [0.2, 0.25) is 0 Å². The van der Waals surface area contributed by atoms with E-state index in [1.807, 2.05) is 6.92 Å². The molecule has 3 aromatic rings. The van der Waals surface area contributed by atoms with E-state index in [4.69, 9.17) is 4.74 Å². The number of hydrogen-bond acceptors (Lipinski definition) is 3. The van der Waals surface area contributed by atoms with E-state index in [0.29, 0.717) is 5.76 Å². The summed E-state index contributed by atoms with van der Waals surface area (Å²) in [5, 5.41) is 25.2. The van der Waals surface area contributed by atoms with Crippen LogP contribution in [0.5, 0.6) is 0 Å². The predicted molar refractivity (Wildman–Crippen MR) is 171 cm³/mol. The van der Waals surface area contributed by atoms with Crippen LogP contribution in [-0.2, 0) is 4.74 Å². The third kappa shape index (κ3) is 7.32. The maximum Gasteiger partial charge on any atom is 0.132 e. The van der Waals surface area contributed by atoms with Gasteiger partial charge < -0.3 is 14.9 Å². The lowest BCUT2D eigenvalue weighted by Gasteiger charge is -2.27. The molecular formula is C36H46O3P+. The van der Waals surface area contributed by atoms with Gasteiger partial charge in [0.15, 0.2) is 0 Å². The maximum atomic E-state index is 10.6. The molecule has 0 bridgehead atoms. The van der Waals surface area contributed by atoms with Crippen LogP contribution in [-0.4, -0.2) is 35.7 Å². The van der Waals surface area contributed by atoms with Gasteiger partial charge in [-0.1, -0.05) is 86.7 Å². The number of rotatable bonds is 15. The minimum atomic E-state index is -1.71. The number of ether oxygens (including phenoxy) is 1. The van der Waals surface area contributed by atoms with Gasteiger partial charge in [0.1, 0.15) is 35.0 Å². The summed E-state index contributed by atoms with van der Waals surface area (Å²) in [6.07, 6.45) is 11.9. The van der Waals surface area contributed by atoms with E-state index in [1.54, 1.807) is 13.2 Å². The summed E-state index contributed by atoms with van der Waals surface area (Å²) in [6, 6.07) is 33.6. The third-order valence-corrected chi connectivity index (χ3v) is 12.9. The number of hydrogen-bond donors (Lipinski definition) is 2. The summed E-state index contributed by atoms with van der Waals surface area (Å²) in [7, 11) is -0.166. The van der Waals surface area contributed by atoms with E-state index in [-0.39, 0.29) is 0 Å². The summed E-state index contributed by atoms with van der Waals surface area (Å²) in [6.45, 7) is 1.91. The van der Waals surface area contributed by atoms with Crippen LogP contribution >= 0.6 is 7.26 Å². The Morgan fingerprint density at radius 2 is 1.05 bits per heavy atom. The normalized spacial score (nSPS) is 17.6. The van der Waals surface area contributed by atoms with Crippen LogP contribution in [0.1, 0.15) is 64.7 Å². The highest BCUT2D eigenvalue weighted by Gasteiger charge is 2.44. The molecule has 4 heteroatoms. The van der Waals surface area contributed by atoms with E-state index < -0.39 is 19.5 Å². The molecule has 0 aliphatic heterocycles. The third-order valence-electron chi connectivity index (χ3n) is 8.39. The summed E-state index contributed by atoms with van der Waals surface area (Å²) in [5.74, 6) is 0.464. The highest BCUT2D eigenvalue weighted by atomic mass is 31.2. The van der Waals surface area contributed by atoms with Crippen molar-refractivity contribution in [3.63, 3.8) is 0 Å². The first kappa shape index (κ1) is 30.3. The molecule has 40 heavy (non-hydrogen) atoms. The van der Waals surface area contributed by atoms with E-state index in [0.717, 1.165) is 30.4 Å². The Morgan fingerprint density at radius 3 is 1.50 bits per heavy atom. The van der Waals surface area contributed by atoms with Crippen molar-refractivity contribution in [3.05, 3.63) is 114 Å². The zero-order chi connectivity index (χ0) is 28.2. The second-order valence-electron chi connectivity index (χ2n) is 10.9. The molecule has 0 aromatic heterocycles.